The highest BCUT2D eigenvalue weighted by Gasteiger charge is 2.19. The Labute approximate surface area is 171 Å². The van der Waals surface area contributed by atoms with Crippen LogP contribution in [0.1, 0.15) is 24.2 Å². The molecule has 0 saturated carbocycles. The Morgan fingerprint density at radius 3 is 3.14 bits per heavy atom. The number of aromatic nitrogens is 6. The van der Waals surface area contributed by atoms with Crippen LogP contribution in [-0.4, -0.2) is 58.1 Å². The summed E-state index contributed by atoms with van der Waals surface area (Å²) in [5, 5.41) is 21.0. The predicted molar refractivity (Wildman–Crippen MR) is 111 cm³/mol. The molecule has 9 nitrogen and oxygen atoms in total. The number of H-pyrrole nitrogens is 1. The minimum atomic E-state index is -0.227. The summed E-state index contributed by atoms with van der Waals surface area (Å²) in [4.78, 5) is 11.5. The number of hydrogen-bond donors (Lipinski definition) is 3. The van der Waals surface area contributed by atoms with E-state index in [2.05, 4.69) is 34.8 Å². The molecule has 29 heavy (non-hydrogen) atoms. The van der Waals surface area contributed by atoms with Crippen LogP contribution < -0.4 is 5.32 Å². The SMILES string of the molecule is Cc1cn2c(-c3cn[nH]c3)cnc2c(Nc2cc(CN3CCCC(O)C3)ns2)n1. The molecule has 0 amide bonds. The van der Waals surface area contributed by atoms with E-state index in [9.17, 15) is 5.11 Å². The number of aliphatic hydroxyl groups excluding tert-OH is 1. The molecule has 0 aromatic carbocycles. The number of rotatable bonds is 5. The van der Waals surface area contributed by atoms with Crippen molar-refractivity contribution in [3.05, 3.63) is 42.2 Å². The molecule has 0 radical (unpaired) electrons. The smallest absolute Gasteiger partial charge is 0.180 e. The predicted octanol–water partition coefficient (Wildman–Crippen LogP) is 2.58. The first-order valence-electron chi connectivity index (χ1n) is 9.62. The zero-order valence-corrected chi connectivity index (χ0v) is 16.9. The molecular formula is C19H22N8OS. The number of anilines is 2. The third kappa shape index (κ3) is 3.74. The second-order valence-corrected chi connectivity index (χ2v) is 8.20. The van der Waals surface area contributed by atoms with Crippen molar-refractivity contribution < 1.29 is 5.11 Å². The van der Waals surface area contributed by atoms with E-state index in [0.29, 0.717) is 12.4 Å². The summed E-state index contributed by atoms with van der Waals surface area (Å²) in [6, 6.07) is 2.05. The van der Waals surface area contributed by atoms with Crippen LogP contribution in [0.2, 0.25) is 0 Å². The number of piperidine rings is 1. The Kier molecular flexibility index (Phi) is 4.74. The van der Waals surface area contributed by atoms with Gasteiger partial charge in [0.25, 0.3) is 0 Å². The molecule has 5 rings (SSSR count). The number of imidazole rings is 1. The summed E-state index contributed by atoms with van der Waals surface area (Å²) in [6.07, 6.45) is 9.11. The molecule has 10 heteroatoms. The van der Waals surface area contributed by atoms with Gasteiger partial charge in [-0.05, 0) is 43.9 Å². The Balaban J connectivity index is 1.39. The summed E-state index contributed by atoms with van der Waals surface area (Å²) < 4.78 is 6.59. The van der Waals surface area contributed by atoms with Gasteiger partial charge in [0, 0.05) is 31.0 Å². The van der Waals surface area contributed by atoms with Crippen LogP contribution in [0.4, 0.5) is 10.8 Å². The molecular weight excluding hydrogens is 388 g/mol. The number of aromatic amines is 1. The summed E-state index contributed by atoms with van der Waals surface area (Å²) in [5.41, 5.74) is 4.56. The van der Waals surface area contributed by atoms with Gasteiger partial charge in [-0.2, -0.15) is 9.47 Å². The van der Waals surface area contributed by atoms with Crippen molar-refractivity contribution in [3.8, 4) is 11.3 Å². The van der Waals surface area contributed by atoms with Crippen molar-refractivity contribution in [3.63, 3.8) is 0 Å². The van der Waals surface area contributed by atoms with Crippen molar-refractivity contribution in [2.24, 2.45) is 0 Å². The van der Waals surface area contributed by atoms with Crippen molar-refractivity contribution in [1.82, 2.24) is 33.8 Å². The lowest BCUT2D eigenvalue weighted by Gasteiger charge is -2.29. The molecule has 1 aliphatic rings. The highest BCUT2D eigenvalue weighted by atomic mass is 32.1. The lowest BCUT2D eigenvalue weighted by atomic mass is 10.1. The molecule has 3 N–H and O–H groups in total. The molecule has 1 atom stereocenters. The normalized spacial score (nSPS) is 17.8. The van der Waals surface area contributed by atoms with Crippen molar-refractivity contribution in [1.29, 1.82) is 0 Å². The average molecular weight is 411 g/mol. The number of β-amino-alcohol motifs (C(OH)–C–C–N with tert-alkyl or cyclic N) is 1. The van der Waals surface area contributed by atoms with E-state index >= 15 is 0 Å². The Morgan fingerprint density at radius 2 is 2.31 bits per heavy atom. The standard InChI is InChI=1S/C19H22N8OS/c1-12-9-27-16(13-6-21-22-7-13)8-20-19(27)18(23-12)24-17-5-14(25-29-17)10-26-4-2-3-15(28)11-26/h5-9,15,28H,2-4,10-11H2,1H3,(H,21,22)(H,23,24). The minimum Gasteiger partial charge on any atom is -0.392 e. The largest absolute Gasteiger partial charge is 0.392 e. The van der Waals surface area contributed by atoms with Gasteiger partial charge in [-0.15, -0.1) is 0 Å². The molecule has 1 aliphatic heterocycles. The van der Waals surface area contributed by atoms with Gasteiger partial charge in [0.15, 0.2) is 11.5 Å². The molecule has 0 bridgehead atoms. The molecule has 1 unspecified atom stereocenters. The first kappa shape index (κ1) is 18.2. The first-order valence-corrected chi connectivity index (χ1v) is 10.4. The maximum absolute atomic E-state index is 9.86. The van der Waals surface area contributed by atoms with E-state index < -0.39 is 0 Å². The van der Waals surface area contributed by atoms with Gasteiger partial charge in [0.05, 0.1) is 35.6 Å². The monoisotopic (exact) mass is 410 g/mol. The minimum absolute atomic E-state index is 0.227. The fraction of sp³-hybridized carbons (Fsp3) is 0.368. The molecule has 4 aromatic rings. The van der Waals surface area contributed by atoms with Gasteiger partial charge >= 0.3 is 0 Å². The molecule has 5 heterocycles. The van der Waals surface area contributed by atoms with Gasteiger partial charge in [-0.3, -0.25) is 14.4 Å². The topological polar surface area (TPSA) is 107 Å². The summed E-state index contributed by atoms with van der Waals surface area (Å²) in [6.45, 7) is 4.43. The fourth-order valence-electron chi connectivity index (χ4n) is 3.76. The van der Waals surface area contributed by atoms with Crippen molar-refractivity contribution >= 4 is 28.0 Å². The number of nitrogens with zero attached hydrogens (tertiary/aromatic N) is 6. The zero-order chi connectivity index (χ0) is 19.8. The van der Waals surface area contributed by atoms with Crippen LogP contribution >= 0.6 is 11.5 Å². The average Bonchev–Trinajstić information content (AvgIpc) is 3.42. The first-order chi connectivity index (χ1) is 14.2. The van der Waals surface area contributed by atoms with E-state index in [1.807, 2.05) is 36.0 Å². The molecule has 0 aliphatic carbocycles. The second-order valence-electron chi connectivity index (χ2n) is 7.39. The number of hydrogen-bond acceptors (Lipinski definition) is 8. The third-order valence-corrected chi connectivity index (χ3v) is 5.82. The van der Waals surface area contributed by atoms with Crippen LogP contribution in [-0.2, 0) is 6.54 Å². The van der Waals surface area contributed by atoms with Gasteiger partial charge in [0.2, 0.25) is 0 Å². The number of aryl methyl sites for hydroxylation is 1. The van der Waals surface area contributed by atoms with Gasteiger partial charge in [-0.25, -0.2) is 9.97 Å². The lowest BCUT2D eigenvalue weighted by molar-refractivity contribution is 0.0663. The maximum Gasteiger partial charge on any atom is 0.180 e. The summed E-state index contributed by atoms with van der Waals surface area (Å²) in [7, 11) is 0. The summed E-state index contributed by atoms with van der Waals surface area (Å²) >= 11 is 1.41. The molecule has 0 spiro atoms. The fourth-order valence-corrected chi connectivity index (χ4v) is 4.42. The van der Waals surface area contributed by atoms with E-state index in [4.69, 9.17) is 0 Å². The molecule has 4 aromatic heterocycles. The third-order valence-electron chi connectivity index (χ3n) is 5.07. The summed E-state index contributed by atoms with van der Waals surface area (Å²) in [5.74, 6) is 0.698. The Bertz CT molecular complexity index is 1120. The highest BCUT2D eigenvalue weighted by molar-refractivity contribution is 7.10. The molecule has 1 saturated heterocycles. The van der Waals surface area contributed by atoms with E-state index in [-0.39, 0.29) is 6.10 Å². The van der Waals surface area contributed by atoms with Gasteiger partial charge in [-0.1, -0.05) is 0 Å². The lowest BCUT2D eigenvalue weighted by Crippen LogP contribution is -2.37. The van der Waals surface area contributed by atoms with E-state index in [0.717, 1.165) is 59.2 Å². The molecule has 1 fully saturated rings. The van der Waals surface area contributed by atoms with Crippen LogP contribution in [0, 0.1) is 6.92 Å². The van der Waals surface area contributed by atoms with Gasteiger partial charge < -0.3 is 10.4 Å². The van der Waals surface area contributed by atoms with E-state index in [1.54, 1.807) is 6.20 Å². The molecule has 150 valence electrons. The highest BCUT2D eigenvalue weighted by Crippen LogP contribution is 2.27. The Morgan fingerprint density at radius 1 is 1.38 bits per heavy atom. The van der Waals surface area contributed by atoms with Crippen LogP contribution in [0.3, 0.4) is 0 Å². The van der Waals surface area contributed by atoms with Crippen LogP contribution in [0.15, 0.2) is 30.9 Å². The van der Waals surface area contributed by atoms with Gasteiger partial charge in [0.1, 0.15) is 5.00 Å². The van der Waals surface area contributed by atoms with E-state index in [1.165, 1.54) is 11.5 Å². The van der Waals surface area contributed by atoms with Crippen LogP contribution in [0.5, 0.6) is 0 Å². The number of nitrogens with one attached hydrogen (secondary N) is 2. The quantitative estimate of drug-likeness (QED) is 0.464. The number of fused-ring (bicyclic) bond motifs is 1. The van der Waals surface area contributed by atoms with Crippen LogP contribution in [0.25, 0.3) is 16.9 Å². The maximum atomic E-state index is 9.86. The Hall–Kier alpha value is -2.82. The second kappa shape index (κ2) is 7.54. The van der Waals surface area contributed by atoms with Crippen molar-refractivity contribution in [2.75, 3.05) is 18.4 Å². The van der Waals surface area contributed by atoms with Crippen molar-refractivity contribution in [2.45, 2.75) is 32.4 Å². The number of likely N-dealkylation sites (tertiary alicyclic amines) is 1. The zero-order valence-electron chi connectivity index (χ0n) is 16.0. The number of aliphatic hydroxyl groups is 1.